The molecule has 0 saturated carbocycles. The van der Waals surface area contributed by atoms with Crippen molar-refractivity contribution in [3.63, 3.8) is 0 Å². The predicted molar refractivity (Wildman–Crippen MR) is 116 cm³/mol. The molecule has 0 bridgehead atoms. The summed E-state index contributed by atoms with van der Waals surface area (Å²) in [6, 6.07) is 6.78. The molecule has 0 aliphatic heterocycles. The summed E-state index contributed by atoms with van der Waals surface area (Å²) in [5.74, 6) is -1.91. The van der Waals surface area contributed by atoms with Gasteiger partial charge in [-0.3, -0.25) is 19.4 Å². The van der Waals surface area contributed by atoms with Crippen molar-refractivity contribution in [3.05, 3.63) is 35.9 Å². The molecule has 0 radical (unpaired) electrons. The van der Waals surface area contributed by atoms with Crippen molar-refractivity contribution in [1.29, 1.82) is 0 Å². The number of hydrogen-bond acceptors (Lipinski definition) is 5. The number of carbonyl (C=O) groups is 3. The van der Waals surface area contributed by atoms with E-state index in [1.165, 1.54) is 0 Å². The number of guanidine groups is 1. The Morgan fingerprint density at radius 1 is 1.00 bits per heavy atom. The van der Waals surface area contributed by atoms with Gasteiger partial charge in [-0.2, -0.15) is 0 Å². The van der Waals surface area contributed by atoms with Crippen molar-refractivity contribution in [2.75, 3.05) is 6.54 Å². The first-order valence-electron chi connectivity index (χ1n) is 9.86. The Kier molecular flexibility index (Phi) is 10.3. The first-order valence-corrected chi connectivity index (χ1v) is 9.86. The van der Waals surface area contributed by atoms with Gasteiger partial charge in [-0.05, 0) is 30.7 Å². The molecular weight excluding hydrogens is 386 g/mol. The number of rotatable bonds is 12. The van der Waals surface area contributed by atoms with E-state index in [1.807, 2.05) is 30.3 Å². The zero-order chi connectivity index (χ0) is 22.7. The minimum absolute atomic E-state index is 0.0518. The summed E-state index contributed by atoms with van der Waals surface area (Å²) >= 11 is 0. The molecule has 0 spiro atoms. The Labute approximate surface area is 176 Å². The van der Waals surface area contributed by atoms with Gasteiger partial charge in [-0.1, -0.05) is 44.2 Å². The van der Waals surface area contributed by atoms with E-state index in [0.29, 0.717) is 19.4 Å². The Hall–Kier alpha value is -3.14. The zero-order valence-electron chi connectivity index (χ0n) is 17.5. The lowest BCUT2D eigenvalue weighted by atomic mass is 10.0. The third-order valence-corrected chi connectivity index (χ3v) is 4.49. The van der Waals surface area contributed by atoms with Crippen molar-refractivity contribution in [2.24, 2.45) is 33.8 Å². The second-order valence-electron chi connectivity index (χ2n) is 7.44. The smallest absolute Gasteiger partial charge is 0.243 e. The van der Waals surface area contributed by atoms with Gasteiger partial charge in [0.25, 0.3) is 0 Å². The number of carbonyl (C=O) groups excluding carboxylic acids is 3. The SMILES string of the molecule is CC(C)[C@H](NC(=O)[C@@H](N)Cc1ccccc1)C(=O)N[C@@H](CCCN=C(N)N)C(N)=O. The lowest BCUT2D eigenvalue weighted by Crippen LogP contribution is -2.57. The molecular formula is C20H33N7O3. The van der Waals surface area contributed by atoms with Crippen LogP contribution in [0.5, 0.6) is 0 Å². The van der Waals surface area contributed by atoms with Crippen LogP contribution in [0.2, 0.25) is 0 Å². The van der Waals surface area contributed by atoms with Gasteiger partial charge in [0.2, 0.25) is 17.7 Å². The normalized spacial score (nSPS) is 13.7. The van der Waals surface area contributed by atoms with Crippen LogP contribution in [0.3, 0.4) is 0 Å². The van der Waals surface area contributed by atoms with Gasteiger partial charge in [0.1, 0.15) is 12.1 Å². The molecule has 1 aromatic carbocycles. The number of nitrogens with two attached hydrogens (primary N) is 4. The highest BCUT2D eigenvalue weighted by atomic mass is 16.2. The number of benzene rings is 1. The summed E-state index contributed by atoms with van der Waals surface area (Å²) in [4.78, 5) is 40.8. The van der Waals surface area contributed by atoms with Crippen molar-refractivity contribution >= 4 is 23.7 Å². The van der Waals surface area contributed by atoms with E-state index in [-0.39, 0.29) is 18.3 Å². The number of hydrogen-bond donors (Lipinski definition) is 6. The Morgan fingerprint density at radius 3 is 2.17 bits per heavy atom. The van der Waals surface area contributed by atoms with E-state index < -0.39 is 35.8 Å². The van der Waals surface area contributed by atoms with Crippen molar-refractivity contribution in [1.82, 2.24) is 10.6 Å². The van der Waals surface area contributed by atoms with Crippen LogP contribution >= 0.6 is 0 Å². The van der Waals surface area contributed by atoms with Crippen LogP contribution in [0, 0.1) is 5.92 Å². The van der Waals surface area contributed by atoms with Crippen LogP contribution in [0.25, 0.3) is 0 Å². The number of nitrogens with one attached hydrogen (secondary N) is 2. The maximum atomic E-state index is 12.7. The first-order chi connectivity index (χ1) is 14.1. The van der Waals surface area contributed by atoms with Crippen LogP contribution in [0.1, 0.15) is 32.3 Å². The van der Waals surface area contributed by atoms with E-state index >= 15 is 0 Å². The van der Waals surface area contributed by atoms with Crippen molar-refractivity contribution in [2.45, 2.75) is 51.2 Å². The molecule has 0 fully saturated rings. The molecule has 0 saturated heterocycles. The molecule has 10 nitrogen and oxygen atoms in total. The fraction of sp³-hybridized carbons (Fsp3) is 0.500. The molecule has 0 unspecified atom stereocenters. The predicted octanol–water partition coefficient (Wildman–Crippen LogP) is -1.28. The third kappa shape index (κ3) is 8.91. The highest BCUT2D eigenvalue weighted by molar-refractivity contribution is 5.92. The molecule has 1 rings (SSSR count). The minimum Gasteiger partial charge on any atom is -0.370 e. The minimum atomic E-state index is -0.900. The summed E-state index contributed by atoms with van der Waals surface area (Å²) in [5, 5.41) is 5.28. The van der Waals surface area contributed by atoms with Gasteiger partial charge in [0.15, 0.2) is 5.96 Å². The molecule has 10 heteroatoms. The molecule has 166 valence electrons. The van der Waals surface area contributed by atoms with Crippen LogP contribution in [0.15, 0.2) is 35.3 Å². The summed E-state index contributed by atoms with van der Waals surface area (Å²) in [6.07, 6.45) is 1.06. The summed E-state index contributed by atoms with van der Waals surface area (Å²) in [6.45, 7) is 3.87. The van der Waals surface area contributed by atoms with Gasteiger partial charge < -0.3 is 33.6 Å². The summed E-state index contributed by atoms with van der Waals surface area (Å²) < 4.78 is 0. The second-order valence-corrected chi connectivity index (χ2v) is 7.44. The fourth-order valence-corrected chi connectivity index (χ4v) is 2.81. The van der Waals surface area contributed by atoms with E-state index in [0.717, 1.165) is 5.56 Å². The largest absolute Gasteiger partial charge is 0.370 e. The highest BCUT2D eigenvalue weighted by Crippen LogP contribution is 2.07. The van der Waals surface area contributed by atoms with Crippen molar-refractivity contribution < 1.29 is 14.4 Å². The lowest BCUT2D eigenvalue weighted by molar-refractivity contribution is -0.132. The number of amides is 3. The lowest BCUT2D eigenvalue weighted by Gasteiger charge is -2.25. The fourth-order valence-electron chi connectivity index (χ4n) is 2.81. The molecule has 10 N–H and O–H groups in total. The van der Waals surface area contributed by atoms with Crippen molar-refractivity contribution in [3.8, 4) is 0 Å². The van der Waals surface area contributed by atoms with E-state index in [4.69, 9.17) is 22.9 Å². The molecule has 30 heavy (non-hydrogen) atoms. The second kappa shape index (κ2) is 12.4. The summed E-state index contributed by atoms with van der Waals surface area (Å²) in [5.41, 5.74) is 22.8. The third-order valence-electron chi connectivity index (χ3n) is 4.49. The number of nitrogens with zero attached hydrogens (tertiary/aromatic N) is 1. The Bertz CT molecular complexity index is 733. The maximum Gasteiger partial charge on any atom is 0.243 e. The Balaban J connectivity index is 2.70. The molecule has 0 aromatic heterocycles. The molecule has 3 amide bonds. The molecule has 3 atom stereocenters. The van der Waals surface area contributed by atoms with Gasteiger partial charge in [0, 0.05) is 6.54 Å². The average Bonchev–Trinajstić information content (AvgIpc) is 2.68. The molecule has 0 aliphatic rings. The molecule has 1 aromatic rings. The van der Waals surface area contributed by atoms with Crippen LogP contribution in [0.4, 0.5) is 0 Å². The zero-order valence-corrected chi connectivity index (χ0v) is 17.5. The van der Waals surface area contributed by atoms with Crippen LogP contribution in [-0.4, -0.2) is 48.4 Å². The Morgan fingerprint density at radius 2 is 1.63 bits per heavy atom. The van der Waals surface area contributed by atoms with E-state index in [9.17, 15) is 14.4 Å². The average molecular weight is 420 g/mol. The standard InChI is InChI=1S/C20H33N7O3/c1-12(2)16(27-18(29)14(21)11-13-7-4-3-5-8-13)19(30)26-15(17(22)28)9-6-10-25-20(23)24/h3-5,7-8,12,14-16H,6,9-11,21H2,1-2H3,(H2,22,28)(H,26,30)(H,27,29)(H4,23,24,25)/t14-,15-,16-/m0/s1. The van der Waals surface area contributed by atoms with E-state index in [1.54, 1.807) is 13.8 Å². The van der Waals surface area contributed by atoms with Crippen LogP contribution < -0.4 is 33.6 Å². The molecule has 0 aliphatic carbocycles. The number of aliphatic imine (C=N–C) groups is 1. The van der Waals surface area contributed by atoms with E-state index in [2.05, 4.69) is 15.6 Å². The quantitative estimate of drug-likeness (QED) is 0.139. The monoisotopic (exact) mass is 419 g/mol. The first kappa shape index (κ1) is 24.9. The van der Waals surface area contributed by atoms with Gasteiger partial charge in [0.05, 0.1) is 6.04 Å². The van der Waals surface area contributed by atoms with Gasteiger partial charge >= 0.3 is 0 Å². The van der Waals surface area contributed by atoms with Crippen LogP contribution in [-0.2, 0) is 20.8 Å². The van der Waals surface area contributed by atoms with Gasteiger partial charge in [-0.15, -0.1) is 0 Å². The summed E-state index contributed by atoms with van der Waals surface area (Å²) in [7, 11) is 0. The number of primary amides is 1. The highest BCUT2D eigenvalue weighted by Gasteiger charge is 2.29. The maximum absolute atomic E-state index is 12.7. The topological polar surface area (TPSA) is 192 Å². The van der Waals surface area contributed by atoms with Gasteiger partial charge in [-0.25, -0.2) is 0 Å². The molecule has 0 heterocycles.